The van der Waals surface area contributed by atoms with E-state index in [9.17, 15) is 14.4 Å². The van der Waals surface area contributed by atoms with Crippen LogP contribution in [0.2, 0.25) is 0 Å². The van der Waals surface area contributed by atoms with E-state index in [1.54, 1.807) is 16.4 Å². The van der Waals surface area contributed by atoms with E-state index in [1.165, 1.54) is 4.68 Å². The number of likely N-dealkylation sites (N-methyl/N-ethyl adjacent to an activating group) is 1. The molecule has 1 aromatic rings. The molecule has 1 unspecified atom stereocenters. The molecule has 0 saturated carbocycles. The van der Waals surface area contributed by atoms with Crippen LogP contribution in [0.25, 0.3) is 0 Å². The van der Waals surface area contributed by atoms with Crippen LogP contribution in [0.3, 0.4) is 0 Å². The number of amides is 1. The summed E-state index contributed by atoms with van der Waals surface area (Å²) in [6.07, 6.45) is 6.17. The monoisotopic (exact) mass is 421 g/mol. The molecular weight excluding hydrogens is 386 g/mol. The molecule has 1 fully saturated rings. The van der Waals surface area contributed by atoms with Gasteiger partial charge in [-0.15, -0.1) is 0 Å². The molecule has 9 heteroatoms. The average Bonchev–Trinajstić information content (AvgIpc) is 3.21. The van der Waals surface area contributed by atoms with Gasteiger partial charge in [-0.05, 0) is 45.7 Å². The zero-order valence-electron chi connectivity index (χ0n) is 18.3. The van der Waals surface area contributed by atoms with E-state index < -0.39 is 0 Å². The minimum Gasteiger partial charge on any atom is -0.466 e. The highest BCUT2D eigenvalue weighted by atomic mass is 16.5. The first-order valence-electron chi connectivity index (χ1n) is 11.4. The lowest BCUT2D eigenvalue weighted by atomic mass is 10.2. The molecule has 1 saturated heterocycles. The number of likely N-dealkylation sites (tertiary alicyclic amines) is 1. The van der Waals surface area contributed by atoms with Crippen LogP contribution in [-0.2, 0) is 33.8 Å². The highest BCUT2D eigenvalue weighted by Gasteiger charge is 2.28. The molecule has 0 aromatic carbocycles. The Labute approximate surface area is 178 Å². The van der Waals surface area contributed by atoms with Crippen molar-refractivity contribution >= 4 is 11.9 Å². The number of carbonyl (C=O) groups is 2. The molecule has 30 heavy (non-hydrogen) atoms. The molecule has 3 heterocycles. The number of aromatic nitrogens is 3. The van der Waals surface area contributed by atoms with Crippen LogP contribution in [0, 0.1) is 0 Å². The van der Waals surface area contributed by atoms with Crippen molar-refractivity contribution in [1.82, 2.24) is 24.1 Å². The molecule has 1 amide bonds. The number of nitrogens with zero attached hydrogens (tertiary/aromatic N) is 5. The van der Waals surface area contributed by atoms with Gasteiger partial charge in [0.15, 0.2) is 0 Å². The van der Waals surface area contributed by atoms with Gasteiger partial charge in [0.25, 0.3) is 0 Å². The molecule has 3 rings (SSSR count). The zero-order valence-corrected chi connectivity index (χ0v) is 18.3. The lowest BCUT2D eigenvalue weighted by Crippen LogP contribution is -2.45. The molecule has 2 aliphatic rings. The average molecular weight is 422 g/mol. The number of ether oxygens (including phenoxy) is 1. The third-order valence-corrected chi connectivity index (χ3v) is 6.15. The van der Waals surface area contributed by atoms with Crippen LogP contribution in [0.15, 0.2) is 4.79 Å². The van der Waals surface area contributed by atoms with Crippen LogP contribution in [0.1, 0.15) is 58.2 Å². The van der Waals surface area contributed by atoms with Gasteiger partial charge in [0.2, 0.25) is 5.91 Å². The third kappa shape index (κ3) is 5.50. The molecule has 0 bridgehead atoms. The number of rotatable bonds is 9. The van der Waals surface area contributed by atoms with Crippen molar-refractivity contribution in [3.8, 4) is 0 Å². The quantitative estimate of drug-likeness (QED) is 0.554. The molecule has 0 aliphatic carbocycles. The van der Waals surface area contributed by atoms with Crippen LogP contribution < -0.4 is 5.69 Å². The fraction of sp³-hybridized carbons (Fsp3) is 0.810. The molecule has 0 N–H and O–H groups in total. The van der Waals surface area contributed by atoms with E-state index in [0.29, 0.717) is 26.2 Å². The molecule has 168 valence electrons. The lowest BCUT2D eigenvalue weighted by Gasteiger charge is -2.30. The summed E-state index contributed by atoms with van der Waals surface area (Å²) < 4.78 is 8.04. The second kappa shape index (κ2) is 10.7. The van der Waals surface area contributed by atoms with Gasteiger partial charge in [0.1, 0.15) is 12.4 Å². The fourth-order valence-corrected chi connectivity index (χ4v) is 4.51. The number of fused-ring (bicyclic) bond motifs is 1. The van der Waals surface area contributed by atoms with Crippen molar-refractivity contribution in [3.63, 3.8) is 0 Å². The lowest BCUT2D eigenvalue weighted by molar-refractivity contribution is -0.144. The summed E-state index contributed by atoms with van der Waals surface area (Å²) >= 11 is 0. The maximum atomic E-state index is 13.1. The first-order valence-corrected chi connectivity index (χ1v) is 11.4. The molecular formula is C21H35N5O4. The molecule has 9 nitrogen and oxygen atoms in total. The standard InChI is InChI=1S/C21H35N5O4/c1-3-23-12-8-9-17(23)15-24(14-11-20(28)30-4-2)19(27)16-26-21(29)25-13-7-5-6-10-18(25)22-26/h17H,3-16H2,1-2H3. The van der Waals surface area contributed by atoms with Gasteiger partial charge in [0, 0.05) is 32.1 Å². The van der Waals surface area contributed by atoms with Crippen molar-refractivity contribution in [2.75, 3.05) is 32.8 Å². The van der Waals surface area contributed by atoms with Crippen molar-refractivity contribution < 1.29 is 14.3 Å². The highest BCUT2D eigenvalue weighted by molar-refractivity contribution is 5.77. The molecule has 1 aromatic heterocycles. The number of hydrogen-bond acceptors (Lipinski definition) is 6. The SMILES string of the molecule is CCOC(=O)CCN(CC1CCCN1CC)C(=O)Cn1nc2n(c1=O)CCCCC2. The Morgan fingerprint density at radius 2 is 2.00 bits per heavy atom. The predicted molar refractivity (Wildman–Crippen MR) is 112 cm³/mol. The van der Waals surface area contributed by atoms with Crippen LogP contribution in [0.5, 0.6) is 0 Å². The van der Waals surface area contributed by atoms with E-state index in [2.05, 4.69) is 16.9 Å². The molecule has 0 spiro atoms. The Morgan fingerprint density at radius 3 is 2.77 bits per heavy atom. The van der Waals surface area contributed by atoms with Gasteiger partial charge in [0.05, 0.1) is 13.0 Å². The Hall–Kier alpha value is -2.16. The zero-order chi connectivity index (χ0) is 21.5. The van der Waals surface area contributed by atoms with E-state index in [-0.39, 0.29) is 36.6 Å². The topological polar surface area (TPSA) is 89.7 Å². The van der Waals surface area contributed by atoms with Gasteiger partial charge in [-0.2, -0.15) is 5.10 Å². The molecule has 0 radical (unpaired) electrons. The molecule has 2 aliphatic heterocycles. The Bertz CT molecular complexity index is 787. The van der Waals surface area contributed by atoms with E-state index in [4.69, 9.17) is 4.74 Å². The Morgan fingerprint density at radius 1 is 1.17 bits per heavy atom. The van der Waals surface area contributed by atoms with Gasteiger partial charge < -0.3 is 9.64 Å². The third-order valence-electron chi connectivity index (χ3n) is 6.15. The molecule has 1 atom stereocenters. The first kappa shape index (κ1) is 22.5. The summed E-state index contributed by atoms with van der Waals surface area (Å²) in [7, 11) is 0. The number of hydrogen-bond donors (Lipinski definition) is 0. The summed E-state index contributed by atoms with van der Waals surface area (Å²) in [5, 5.41) is 4.44. The smallest absolute Gasteiger partial charge is 0.346 e. The fourth-order valence-electron chi connectivity index (χ4n) is 4.51. The van der Waals surface area contributed by atoms with Crippen molar-refractivity contribution in [2.45, 2.75) is 77.9 Å². The highest BCUT2D eigenvalue weighted by Crippen LogP contribution is 2.18. The maximum Gasteiger partial charge on any atom is 0.346 e. The van der Waals surface area contributed by atoms with Gasteiger partial charge in [-0.3, -0.25) is 19.1 Å². The summed E-state index contributed by atoms with van der Waals surface area (Å²) in [5.41, 5.74) is -0.207. The van der Waals surface area contributed by atoms with Gasteiger partial charge in [-0.1, -0.05) is 13.3 Å². The Kier molecular flexibility index (Phi) is 8.07. The van der Waals surface area contributed by atoms with Crippen LogP contribution in [-0.4, -0.2) is 74.9 Å². The van der Waals surface area contributed by atoms with E-state index in [0.717, 1.165) is 57.4 Å². The predicted octanol–water partition coefficient (Wildman–Crippen LogP) is 1.04. The van der Waals surface area contributed by atoms with E-state index in [1.807, 2.05) is 0 Å². The minimum absolute atomic E-state index is 0.0828. The summed E-state index contributed by atoms with van der Waals surface area (Å²) in [4.78, 5) is 41.8. The number of carbonyl (C=O) groups excluding carboxylic acids is 2. The van der Waals surface area contributed by atoms with Gasteiger partial charge >= 0.3 is 11.7 Å². The van der Waals surface area contributed by atoms with E-state index >= 15 is 0 Å². The number of esters is 1. The summed E-state index contributed by atoms with van der Waals surface area (Å²) in [5.74, 6) is 0.300. The summed E-state index contributed by atoms with van der Waals surface area (Å²) in [6.45, 7) is 7.65. The number of aryl methyl sites for hydroxylation is 1. The largest absolute Gasteiger partial charge is 0.466 e. The Balaban J connectivity index is 1.70. The second-order valence-electron chi connectivity index (χ2n) is 8.14. The minimum atomic E-state index is -0.306. The van der Waals surface area contributed by atoms with Crippen molar-refractivity contribution in [2.24, 2.45) is 0 Å². The van der Waals surface area contributed by atoms with Crippen molar-refractivity contribution in [1.29, 1.82) is 0 Å². The van der Waals surface area contributed by atoms with Gasteiger partial charge in [-0.25, -0.2) is 9.48 Å². The summed E-state index contributed by atoms with van der Waals surface area (Å²) in [6, 6.07) is 0.289. The maximum absolute atomic E-state index is 13.1. The van der Waals surface area contributed by atoms with Crippen LogP contribution >= 0.6 is 0 Å². The van der Waals surface area contributed by atoms with Crippen LogP contribution in [0.4, 0.5) is 0 Å². The second-order valence-corrected chi connectivity index (χ2v) is 8.14. The first-order chi connectivity index (χ1) is 14.5. The van der Waals surface area contributed by atoms with Crippen molar-refractivity contribution in [3.05, 3.63) is 16.3 Å². The normalized spacial score (nSPS) is 19.3.